The summed E-state index contributed by atoms with van der Waals surface area (Å²) in [7, 11) is 1.83. The summed E-state index contributed by atoms with van der Waals surface area (Å²) in [6.07, 6.45) is 3.05. The Kier molecular flexibility index (Phi) is 7.55. The molecule has 2 atom stereocenters. The number of likely N-dealkylation sites (tertiary alicyclic amines) is 2. The molecule has 150 valence electrons. The molecule has 0 aromatic heterocycles. The fourth-order valence-corrected chi connectivity index (χ4v) is 3.71. The summed E-state index contributed by atoms with van der Waals surface area (Å²) in [5.41, 5.74) is -0.465. The third kappa shape index (κ3) is 6.67. The van der Waals surface area contributed by atoms with Crippen LogP contribution < -0.4 is 10.6 Å². The van der Waals surface area contributed by atoms with Gasteiger partial charge in [0.1, 0.15) is 5.60 Å². The Hall–Kier alpha value is -1.50. The quantitative estimate of drug-likeness (QED) is 0.574. The molecule has 1 amide bonds. The molecule has 0 aromatic carbocycles. The molecule has 7 nitrogen and oxygen atoms in total. The first-order valence-electron chi connectivity index (χ1n) is 9.98. The Morgan fingerprint density at radius 3 is 2.65 bits per heavy atom. The average Bonchev–Trinajstić information content (AvgIpc) is 3.16. The zero-order valence-corrected chi connectivity index (χ0v) is 17.2. The number of carbonyl (C=O) groups excluding carboxylic acids is 1. The van der Waals surface area contributed by atoms with E-state index in [0.29, 0.717) is 5.92 Å². The smallest absolute Gasteiger partial charge is 0.407 e. The van der Waals surface area contributed by atoms with Crippen LogP contribution in [0.3, 0.4) is 0 Å². The second-order valence-electron chi connectivity index (χ2n) is 8.46. The zero-order valence-electron chi connectivity index (χ0n) is 17.2. The van der Waals surface area contributed by atoms with Crippen molar-refractivity contribution in [3.8, 4) is 0 Å². The monoisotopic (exact) mass is 367 g/mol. The number of nitrogens with one attached hydrogen (secondary N) is 2. The summed E-state index contributed by atoms with van der Waals surface area (Å²) < 4.78 is 5.35. The van der Waals surface area contributed by atoms with Gasteiger partial charge in [-0.15, -0.1) is 0 Å². The highest BCUT2D eigenvalue weighted by molar-refractivity contribution is 5.80. The van der Waals surface area contributed by atoms with Crippen LogP contribution in [0.2, 0.25) is 0 Å². The molecule has 2 fully saturated rings. The summed E-state index contributed by atoms with van der Waals surface area (Å²) in [6, 6.07) is 0.106. The molecule has 7 heteroatoms. The summed E-state index contributed by atoms with van der Waals surface area (Å²) in [4.78, 5) is 21.1. The zero-order chi connectivity index (χ0) is 19.2. The largest absolute Gasteiger partial charge is 0.444 e. The molecule has 2 aliphatic rings. The van der Waals surface area contributed by atoms with Crippen molar-refractivity contribution in [2.75, 3.05) is 46.3 Å². The van der Waals surface area contributed by atoms with E-state index in [4.69, 9.17) is 4.74 Å². The molecule has 2 saturated heterocycles. The lowest BCUT2D eigenvalue weighted by Crippen LogP contribution is -2.45. The number of hydrogen-bond donors (Lipinski definition) is 2. The highest BCUT2D eigenvalue weighted by Gasteiger charge is 2.28. The van der Waals surface area contributed by atoms with E-state index in [1.54, 1.807) is 0 Å². The van der Waals surface area contributed by atoms with Crippen molar-refractivity contribution in [3.05, 3.63) is 0 Å². The fraction of sp³-hybridized carbons (Fsp3) is 0.895. The van der Waals surface area contributed by atoms with Crippen LogP contribution in [-0.4, -0.2) is 79.8 Å². The minimum atomic E-state index is -0.465. The van der Waals surface area contributed by atoms with Crippen molar-refractivity contribution < 1.29 is 9.53 Å². The molecule has 26 heavy (non-hydrogen) atoms. The first-order valence-corrected chi connectivity index (χ1v) is 9.98. The SMILES string of the molecule is CCCN1CCC(CNC(=NC)N2CCC(NC(=O)OC(C)(C)C)C2)C1. The Labute approximate surface area is 158 Å². The molecule has 2 N–H and O–H groups in total. The number of guanidine groups is 1. The first kappa shape index (κ1) is 20.8. The predicted octanol–water partition coefficient (Wildman–Crippen LogP) is 1.89. The minimum absolute atomic E-state index is 0.106. The molecule has 0 saturated carbocycles. The van der Waals surface area contributed by atoms with Gasteiger partial charge in [-0.05, 0) is 59.0 Å². The van der Waals surface area contributed by atoms with Crippen molar-refractivity contribution in [2.24, 2.45) is 10.9 Å². The fourth-order valence-electron chi connectivity index (χ4n) is 3.71. The van der Waals surface area contributed by atoms with Gasteiger partial charge in [-0.2, -0.15) is 0 Å². The Bertz CT molecular complexity index is 489. The topological polar surface area (TPSA) is 69.2 Å². The van der Waals surface area contributed by atoms with Crippen LogP contribution in [0.1, 0.15) is 47.0 Å². The molecule has 2 unspecified atom stereocenters. The van der Waals surface area contributed by atoms with E-state index >= 15 is 0 Å². The van der Waals surface area contributed by atoms with E-state index in [1.165, 1.54) is 32.5 Å². The number of ether oxygens (including phenoxy) is 1. The van der Waals surface area contributed by atoms with E-state index in [-0.39, 0.29) is 12.1 Å². The lowest BCUT2D eigenvalue weighted by atomic mass is 10.1. The van der Waals surface area contributed by atoms with Gasteiger partial charge in [-0.3, -0.25) is 4.99 Å². The summed E-state index contributed by atoms with van der Waals surface area (Å²) >= 11 is 0. The van der Waals surface area contributed by atoms with Gasteiger partial charge >= 0.3 is 6.09 Å². The third-order valence-electron chi connectivity index (χ3n) is 4.88. The maximum Gasteiger partial charge on any atom is 0.407 e. The van der Waals surface area contributed by atoms with Crippen LogP contribution in [0.15, 0.2) is 4.99 Å². The Balaban J connectivity index is 1.73. The van der Waals surface area contributed by atoms with Crippen molar-refractivity contribution in [1.82, 2.24) is 20.4 Å². The van der Waals surface area contributed by atoms with E-state index in [1.807, 2.05) is 27.8 Å². The number of aliphatic imine (C=N–C) groups is 1. The lowest BCUT2D eigenvalue weighted by molar-refractivity contribution is 0.0507. The van der Waals surface area contributed by atoms with Gasteiger partial charge in [-0.25, -0.2) is 4.79 Å². The van der Waals surface area contributed by atoms with Gasteiger partial charge in [0.05, 0.1) is 6.04 Å². The predicted molar refractivity (Wildman–Crippen MR) is 106 cm³/mol. The van der Waals surface area contributed by atoms with Crippen molar-refractivity contribution in [1.29, 1.82) is 0 Å². The maximum atomic E-state index is 11.9. The molecule has 0 radical (unpaired) electrons. The van der Waals surface area contributed by atoms with Gasteiger partial charge in [0.2, 0.25) is 0 Å². The Morgan fingerprint density at radius 1 is 1.23 bits per heavy atom. The van der Waals surface area contributed by atoms with Crippen LogP contribution in [0.25, 0.3) is 0 Å². The highest BCUT2D eigenvalue weighted by Crippen LogP contribution is 2.16. The number of hydrogen-bond acceptors (Lipinski definition) is 4. The number of amides is 1. The van der Waals surface area contributed by atoms with Crippen LogP contribution in [0.4, 0.5) is 4.79 Å². The number of carbonyl (C=O) groups is 1. The van der Waals surface area contributed by atoms with Gasteiger partial charge in [-0.1, -0.05) is 6.92 Å². The van der Waals surface area contributed by atoms with E-state index in [0.717, 1.165) is 32.0 Å². The van der Waals surface area contributed by atoms with Gasteiger partial charge in [0, 0.05) is 33.2 Å². The number of rotatable bonds is 5. The molecule has 2 heterocycles. The van der Waals surface area contributed by atoms with Crippen LogP contribution in [0.5, 0.6) is 0 Å². The van der Waals surface area contributed by atoms with Crippen molar-refractivity contribution in [2.45, 2.75) is 58.6 Å². The standard InChI is InChI=1S/C19H37N5O2/c1-6-9-23-10-7-15(13-23)12-21-17(20-5)24-11-8-16(14-24)22-18(25)26-19(2,3)4/h15-16H,6-14H2,1-5H3,(H,20,21)(H,22,25). The minimum Gasteiger partial charge on any atom is -0.444 e. The van der Waals surface area contributed by atoms with Crippen LogP contribution >= 0.6 is 0 Å². The van der Waals surface area contributed by atoms with Crippen molar-refractivity contribution in [3.63, 3.8) is 0 Å². The van der Waals surface area contributed by atoms with E-state index in [2.05, 4.69) is 32.3 Å². The van der Waals surface area contributed by atoms with E-state index in [9.17, 15) is 4.79 Å². The highest BCUT2D eigenvalue weighted by atomic mass is 16.6. The third-order valence-corrected chi connectivity index (χ3v) is 4.88. The molecule has 0 aliphatic carbocycles. The number of alkyl carbamates (subject to hydrolysis) is 1. The molecule has 2 rings (SSSR count). The van der Waals surface area contributed by atoms with E-state index < -0.39 is 5.60 Å². The molecule has 0 aromatic rings. The average molecular weight is 368 g/mol. The molecular weight excluding hydrogens is 330 g/mol. The van der Waals surface area contributed by atoms with Crippen LogP contribution in [0, 0.1) is 5.92 Å². The number of nitrogens with zero attached hydrogens (tertiary/aromatic N) is 3. The maximum absolute atomic E-state index is 11.9. The molecule has 0 spiro atoms. The second-order valence-corrected chi connectivity index (χ2v) is 8.46. The first-order chi connectivity index (χ1) is 12.3. The normalized spacial score (nSPS) is 24.8. The van der Waals surface area contributed by atoms with Gasteiger partial charge in [0.15, 0.2) is 5.96 Å². The summed E-state index contributed by atoms with van der Waals surface area (Å²) in [5, 5.41) is 6.50. The lowest BCUT2D eigenvalue weighted by Gasteiger charge is -2.24. The summed E-state index contributed by atoms with van der Waals surface area (Å²) in [6.45, 7) is 14.1. The van der Waals surface area contributed by atoms with Gasteiger partial charge < -0.3 is 25.2 Å². The Morgan fingerprint density at radius 2 is 2.00 bits per heavy atom. The van der Waals surface area contributed by atoms with Gasteiger partial charge in [0.25, 0.3) is 0 Å². The molecule has 2 aliphatic heterocycles. The van der Waals surface area contributed by atoms with Crippen molar-refractivity contribution >= 4 is 12.1 Å². The molecule has 0 bridgehead atoms. The molecular formula is C19H37N5O2. The summed E-state index contributed by atoms with van der Waals surface area (Å²) in [5.74, 6) is 1.63. The van der Waals surface area contributed by atoms with Crippen LogP contribution in [-0.2, 0) is 4.74 Å². The second kappa shape index (κ2) is 9.44.